The van der Waals surface area contributed by atoms with Gasteiger partial charge < -0.3 is 15.8 Å². The van der Waals surface area contributed by atoms with Gasteiger partial charge in [-0.15, -0.1) is 12.4 Å². The zero-order valence-corrected chi connectivity index (χ0v) is 13.7. The molecule has 6 heteroatoms. The highest BCUT2D eigenvalue weighted by Gasteiger charge is 2.28. The first-order valence-corrected chi connectivity index (χ1v) is 7.07. The number of carbonyl (C=O) groups is 1. The van der Waals surface area contributed by atoms with Crippen LogP contribution in [0.3, 0.4) is 0 Å². The summed E-state index contributed by atoms with van der Waals surface area (Å²) in [6.45, 7) is 0.547. The van der Waals surface area contributed by atoms with Gasteiger partial charge in [0.05, 0.1) is 12.7 Å². The molecule has 1 unspecified atom stereocenters. The lowest BCUT2D eigenvalue weighted by atomic mass is 10.1. The van der Waals surface area contributed by atoms with Crippen molar-refractivity contribution in [1.29, 1.82) is 0 Å². The number of benzene rings is 1. The standard InChI is InChI=1S/C13H17IN2O2.ClH/c1-18-9-4-5-10(11(14)6-9)13(17)16-7-12(15)8-2-3-8;/h4-6,8,12H,2-3,7,15H2,1H3,(H,16,17);1H. The first kappa shape index (κ1) is 16.5. The summed E-state index contributed by atoms with van der Waals surface area (Å²) in [5, 5.41) is 2.89. The third kappa shape index (κ3) is 4.50. The van der Waals surface area contributed by atoms with Crippen LogP contribution in [0.15, 0.2) is 18.2 Å². The molecule has 0 aromatic heterocycles. The second-order valence-corrected chi connectivity index (χ2v) is 5.72. The highest BCUT2D eigenvalue weighted by atomic mass is 127. The molecule has 3 N–H and O–H groups in total. The molecule has 4 nitrogen and oxygen atoms in total. The van der Waals surface area contributed by atoms with E-state index in [1.165, 1.54) is 12.8 Å². The van der Waals surface area contributed by atoms with Gasteiger partial charge in [-0.2, -0.15) is 0 Å². The average Bonchev–Trinajstić information content (AvgIpc) is 3.19. The van der Waals surface area contributed by atoms with E-state index in [0.29, 0.717) is 18.0 Å². The van der Waals surface area contributed by atoms with Crippen molar-refractivity contribution in [3.8, 4) is 5.75 Å². The molecule has 1 amide bonds. The minimum atomic E-state index is -0.0712. The largest absolute Gasteiger partial charge is 0.497 e. The third-order valence-corrected chi connectivity index (χ3v) is 4.04. The molecule has 1 fully saturated rings. The van der Waals surface area contributed by atoms with E-state index < -0.39 is 0 Å². The lowest BCUT2D eigenvalue weighted by Gasteiger charge is -2.12. The highest BCUT2D eigenvalue weighted by Crippen LogP contribution is 2.31. The fraction of sp³-hybridized carbons (Fsp3) is 0.462. The Balaban J connectivity index is 0.00000180. The molecule has 0 spiro atoms. The Morgan fingerprint density at radius 3 is 2.79 bits per heavy atom. The molecule has 0 aliphatic heterocycles. The van der Waals surface area contributed by atoms with E-state index in [4.69, 9.17) is 10.5 Å². The third-order valence-electron chi connectivity index (χ3n) is 3.15. The summed E-state index contributed by atoms with van der Waals surface area (Å²) in [6.07, 6.45) is 2.38. The van der Waals surface area contributed by atoms with E-state index in [1.807, 2.05) is 6.07 Å². The Morgan fingerprint density at radius 2 is 2.26 bits per heavy atom. The van der Waals surface area contributed by atoms with Gasteiger partial charge in [-0.3, -0.25) is 4.79 Å². The molecule has 0 heterocycles. The first-order valence-electron chi connectivity index (χ1n) is 5.99. The van der Waals surface area contributed by atoms with Gasteiger partial charge >= 0.3 is 0 Å². The maximum Gasteiger partial charge on any atom is 0.252 e. The molecular formula is C13H18ClIN2O2. The molecule has 2 rings (SSSR count). The van der Waals surface area contributed by atoms with Crippen LogP contribution in [0, 0.1) is 9.49 Å². The Labute approximate surface area is 133 Å². The van der Waals surface area contributed by atoms with E-state index in [0.717, 1.165) is 9.32 Å². The number of carbonyl (C=O) groups excluding carboxylic acids is 1. The average molecular weight is 397 g/mol. The number of amides is 1. The monoisotopic (exact) mass is 396 g/mol. The normalized spacial score (nSPS) is 15.3. The highest BCUT2D eigenvalue weighted by molar-refractivity contribution is 14.1. The number of methoxy groups -OCH3 is 1. The fourth-order valence-electron chi connectivity index (χ4n) is 1.80. The quantitative estimate of drug-likeness (QED) is 0.750. The molecule has 1 atom stereocenters. The molecule has 19 heavy (non-hydrogen) atoms. The summed E-state index contributed by atoms with van der Waals surface area (Å²) in [5.74, 6) is 1.28. The first-order chi connectivity index (χ1) is 8.61. The van der Waals surface area contributed by atoms with E-state index in [1.54, 1.807) is 19.2 Å². The van der Waals surface area contributed by atoms with Gasteiger partial charge in [0.25, 0.3) is 5.91 Å². The summed E-state index contributed by atoms with van der Waals surface area (Å²) in [7, 11) is 1.61. The van der Waals surface area contributed by atoms with Crippen LogP contribution in [-0.4, -0.2) is 25.6 Å². The molecule has 1 aliphatic carbocycles. The molecule has 106 valence electrons. The van der Waals surface area contributed by atoms with Crippen LogP contribution >= 0.6 is 35.0 Å². The summed E-state index contributed by atoms with van der Waals surface area (Å²) in [6, 6.07) is 5.50. The Bertz CT molecular complexity index is 452. The van der Waals surface area contributed by atoms with Crippen LogP contribution in [0.2, 0.25) is 0 Å². The van der Waals surface area contributed by atoms with Crippen LogP contribution in [0.25, 0.3) is 0 Å². The predicted molar refractivity (Wildman–Crippen MR) is 86.0 cm³/mol. The van der Waals surface area contributed by atoms with Gasteiger partial charge in [-0.1, -0.05) is 0 Å². The van der Waals surface area contributed by atoms with Crippen LogP contribution in [0.4, 0.5) is 0 Å². The number of hydrogen-bond donors (Lipinski definition) is 2. The van der Waals surface area contributed by atoms with E-state index in [9.17, 15) is 4.79 Å². The summed E-state index contributed by atoms with van der Waals surface area (Å²) in [4.78, 5) is 12.0. The Kier molecular flexibility index (Phi) is 6.35. The van der Waals surface area contributed by atoms with Crippen molar-refractivity contribution < 1.29 is 9.53 Å². The van der Waals surface area contributed by atoms with Crippen molar-refractivity contribution in [3.63, 3.8) is 0 Å². The van der Waals surface area contributed by atoms with Gasteiger partial charge in [0.15, 0.2) is 0 Å². The van der Waals surface area contributed by atoms with Crippen molar-refractivity contribution in [3.05, 3.63) is 27.3 Å². The summed E-state index contributed by atoms with van der Waals surface area (Å²) < 4.78 is 5.99. The molecule has 1 aromatic rings. The molecule has 0 radical (unpaired) electrons. The Hall–Kier alpha value is -0.530. The van der Waals surface area contributed by atoms with Crippen LogP contribution in [0.1, 0.15) is 23.2 Å². The van der Waals surface area contributed by atoms with E-state index >= 15 is 0 Å². The number of nitrogens with two attached hydrogens (primary N) is 1. The van der Waals surface area contributed by atoms with Crippen molar-refractivity contribution in [2.75, 3.05) is 13.7 Å². The molecule has 1 aliphatic rings. The second-order valence-electron chi connectivity index (χ2n) is 4.56. The summed E-state index contributed by atoms with van der Waals surface area (Å²) in [5.41, 5.74) is 6.62. The zero-order chi connectivity index (χ0) is 13.1. The Morgan fingerprint density at radius 1 is 1.58 bits per heavy atom. The lowest BCUT2D eigenvalue weighted by molar-refractivity contribution is 0.0949. The number of halogens is 2. The second kappa shape index (κ2) is 7.31. The van der Waals surface area contributed by atoms with Gasteiger partial charge in [0, 0.05) is 16.2 Å². The fourth-order valence-corrected chi connectivity index (χ4v) is 2.54. The molecule has 0 saturated heterocycles. The topological polar surface area (TPSA) is 64.3 Å². The van der Waals surface area contributed by atoms with E-state index in [2.05, 4.69) is 27.9 Å². The van der Waals surface area contributed by atoms with Crippen LogP contribution in [0.5, 0.6) is 5.75 Å². The minimum Gasteiger partial charge on any atom is -0.497 e. The van der Waals surface area contributed by atoms with Crippen molar-refractivity contribution in [1.82, 2.24) is 5.32 Å². The van der Waals surface area contributed by atoms with Crippen molar-refractivity contribution >= 4 is 40.9 Å². The van der Waals surface area contributed by atoms with Gasteiger partial charge in [-0.05, 0) is 59.5 Å². The SMILES string of the molecule is COc1ccc(C(=O)NCC(N)C2CC2)c(I)c1.Cl. The lowest BCUT2D eigenvalue weighted by Crippen LogP contribution is -2.38. The molecule has 1 aromatic carbocycles. The van der Waals surface area contributed by atoms with Crippen molar-refractivity contribution in [2.24, 2.45) is 11.7 Å². The number of hydrogen-bond acceptors (Lipinski definition) is 3. The van der Waals surface area contributed by atoms with Gasteiger partial charge in [0.2, 0.25) is 0 Å². The van der Waals surface area contributed by atoms with Gasteiger partial charge in [-0.25, -0.2) is 0 Å². The zero-order valence-electron chi connectivity index (χ0n) is 10.7. The molecule has 0 bridgehead atoms. The molecule has 1 saturated carbocycles. The number of ether oxygens (including phenoxy) is 1. The minimum absolute atomic E-state index is 0. The summed E-state index contributed by atoms with van der Waals surface area (Å²) >= 11 is 2.14. The van der Waals surface area contributed by atoms with Crippen LogP contribution < -0.4 is 15.8 Å². The van der Waals surface area contributed by atoms with Crippen molar-refractivity contribution in [2.45, 2.75) is 18.9 Å². The number of nitrogens with one attached hydrogen (secondary N) is 1. The van der Waals surface area contributed by atoms with E-state index in [-0.39, 0.29) is 24.4 Å². The smallest absolute Gasteiger partial charge is 0.252 e. The van der Waals surface area contributed by atoms with Gasteiger partial charge in [0.1, 0.15) is 5.75 Å². The predicted octanol–water partition coefficient (Wildman–Crippen LogP) is 2.19. The number of rotatable bonds is 5. The molecular weight excluding hydrogens is 379 g/mol. The van der Waals surface area contributed by atoms with Crippen LogP contribution in [-0.2, 0) is 0 Å². The maximum absolute atomic E-state index is 12.0. The maximum atomic E-state index is 12.0.